The molecule has 7 aromatic rings. The minimum atomic E-state index is -3.36. The molecule has 0 amide bonds. The number of hydrogen-bond donors (Lipinski definition) is 0. The number of allylic oxidation sites excluding steroid dienone is 1. The molecule has 50 heavy (non-hydrogen) atoms. The molecule has 242 valence electrons. The van der Waals surface area contributed by atoms with Crippen molar-refractivity contribution in [2.24, 2.45) is 0 Å². The minimum absolute atomic E-state index is 0.0148. The number of fused-ring (bicyclic) bond motifs is 5. The van der Waals surface area contributed by atoms with E-state index in [0.717, 1.165) is 66.4 Å². The predicted octanol–water partition coefficient (Wildman–Crippen LogP) is 12.0. The molecule has 0 fully saturated rings. The van der Waals surface area contributed by atoms with Crippen LogP contribution in [0.2, 0.25) is 0 Å². The second kappa shape index (κ2) is 10.9. The first-order chi connectivity index (χ1) is 24.1. The Labute approximate surface area is 291 Å². The predicted molar refractivity (Wildman–Crippen MR) is 200 cm³/mol. The molecule has 2 heterocycles. The molecule has 0 N–H and O–H groups in total. The van der Waals surface area contributed by atoms with Gasteiger partial charge in [0.2, 0.25) is 0 Å². The van der Waals surface area contributed by atoms with Crippen LogP contribution in [0.4, 0.5) is 25.2 Å². The summed E-state index contributed by atoms with van der Waals surface area (Å²) in [7, 11) is 0. The Kier molecular flexibility index (Phi) is 6.61. The molecule has 3 nitrogen and oxygen atoms in total. The largest absolute Gasteiger partial charge is 0.303 e. The van der Waals surface area contributed by atoms with E-state index in [1.165, 1.54) is 12.1 Å². The van der Waals surface area contributed by atoms with Crippen LogP contribution in [0.3, 0.4) is 0 Å². The lowest BCUT2D eigenvalue weighted by Gasteiger charge is -2.36. The average molecular weight is 674 g/mol. The number of carbonyl (C=O) groups is 2. The summed E-state index contributed by atoms with van der Waals surface area (Å²) in [5.74, 6) is -4.14. The summed E-state index contributed by atoms with van der Waals surface area (Å²) < 4.78 is 34.1. The standard InChI is InChI=1S/C44H29F2NO2S/c1-24-17-25(2)40(26(3)18-24)30-15-16-39-36(21-30)44(45,46)37-23-31(50-43(37)47(39)38-14-8-12-27-9-6-7-13-32(27)38)22-35-41(48)33-19-28-10-4-5-11-29(28)20-34(33)42(35)49/h4-23H,1-3H3. The second-order valence-electron chi connectivity index (χ2n) is 13.2. The molecule has 1 aliphatic heterocycles. The van der Waals surface area contributed by atoms with Gasteiger partial charge in [0.05, 0.1) is 28.1 Å². The van der Waals surface area contributed by atoms with Gasteiger partial charge in [-0.1, -0.05) is 84.4 Å². The molecular weight excluding hydrogens is 645 g/mol. The van der Waals surface area contributed by atoms with Crippen LogP contribution in [0, 0.1) is 20.8 Å². The number of Topliss-reactive ketones (excluding diaryl/α,β-unsaturated/α-hetero) is 2. The van der Waals surface area contributed by atoms with E-state index in [-0.39, 0.29) is 16.7 Å². The van der Waals surface area contributed by atoms with Gasteiger partial charge in [-0.25, -0.2) is 0 Å². The lowest BCUT2D eigenvalue weighted by atomic mass is 9.88. The van der Waals surface area contributed by atoms with Crippen molar-refractivity contribution in [2.75, 3.05) is 4.90 Å². The molecule has 0 radical (unpaired) electrons. The zero-order valence-electron chi connectivity index (χ0n) is 27.5. The van der Waals surface area contributed by atoms with Crippen molar-refractivity contribution in [2.45, 2.75) is 26.7 Å². The number of nitrogens with zero attached hydrogens (tertiary/aromatic N) is 1. The summed E-state index contributed by atoms with van der Waals surface area (Å²) in [5, 5.41) is 3.97. The van der Waals surface area contributed by atoms with Gasteiger partial charge in [-0.3, -0.25) is 9.59 Å². The van der Waals surface area contributed by atoms with Crippen LogP contribution in [0.25, 0.3) is 38.7 Å². The number of hydrogen-bond acceptors (Lipinski definition) is 4. The van der Waals surface area contributed by atoms with Crippen LogP contribution in [-0.2, 0) is 5.92 Å². The van der Waals surface area contributed by atoms with E-state index in [1.807, 2.05) is 98.5 Å². The zero-order chi connectivity index (χ0) is 34.5. The molecule has 0 bridgehead atoms. The van der Waals surface area contributed by atoms with Crippen molar-refractivity contribution in [3.05, 3.63) is 165 Å². The van der Waals surface area contributed by atoms with E-state index in [9.17, 15) is 9.59 Å². The Balaban J connectivity index is 1.24. The van der Waals surface area contributed by atoms with Crippen LogP contribution < -0.4 is 4.90 Å². The van der Waals surface area contributed by atoms with Gasteiger partial charge in [0.15, 0.2) is 11.6 Å². The number of thiophene rings is 1. The zero-order valence-corrected chi connectivity index (χ0v) is 28.3. The Hall–Kier alpha value is -5.72. The van der Waals surface area contributed by atoms with Crippen LogP contribution in [-0.4, -0.2) is 11.6 Å². The highest BCUT2D eigenvalue weighted by atomic mass is 32.1. The van der Waals surface area contributed by atoms with Crippen molar-refractivity contribution in [3.8, 4) is 11.1 Å². The van der Waals surface area contributed by atoms with Crippen LogP contribution in [0.15, 0.2) is 121 Å². The Bertz CT molecular complexity index is 2580. The van der Waals surface area contributed by atoms with Crippen LogP contribution >= 0.6 is 11.3 Å². The Morgan fingerprint density at radius 3 is 1.94 bits per heavy atom. The number of aryl methyl sites for hydroxylation is 3. The van der Waals surface area contributed by atoms with E-state index >= 15 is 8.78 Å². The lowest BCUT2D eigenvalue weighted by molar-refractivity contribution is 0.0430. The van der Waals surface area contributed by atoms with Crippen molar-refractivity contribution >= 4 is 66.9 Å². The SMILES string of the molecule is Cc1cc(C)c(-c2ccc3c(c2)C(F)(F)c2cc(C=C4C(=O)c5cc6ccccc6cc5C4=O)sc2N3c2cccc3ccccc23)c(C)c1. The maximum absolute atomic E-state index is 17.0. The fourth-order valence-corrected chi connectivity index (χ4v) is 8.98. The molecule has 1 aromatic heterocycles. The monoisotopic (exact) mass is 673 g/mol. The molecule has 0 atom stereocenters. The van der Waals surface area contributed by atoms with E-state index in [2.05, 4.69) is 12.1 Å². The summed E-state index contributed by atoms with van der Waals surface area (Å²) in [6, 6.07) is 35.8. The molecule has 6 aromatic carbocycles. The number of carbonyl (C=O) groups excluding carboxylic acids is 2. The van der Waals surface area contributed by atoms with E-state index < -0.39 is 17.5 Å². The first kappa shape index (κ1) is 30.3. The summed E-state index contributed by atoms with van der Waals surface area (Å²) in [6.45, 7) is 6.06. The summed E-state index contributed by atoms with van der Waals surface area (Å²) in [4.78, 5) is 29.6. The normalized spacial score (nSPS) is 14.7. The van der Waals surface area contributed by atoms with Gasteiger partial charge in [-0.2, -0.15) is 8.78 Å². The third kappa shape index (κ3) is 4.45. The average Bonchev–Trinajstić information content (AvgIpc) is 3.63. The van der Waals surface area contributed by atoms with Crippen molar-refractivity contribution in [1.82, 2.24) is 0 Å². The third-order valence-corrected chi connectivity index (χ3v) is 11.0. The molecular formula is C44H29F2NO2S. The summed E-state index contributed by atoms with van der Waals surface area (Å²) >= 11 is 1.16. The Morgan fingerprint density at radius 2 is 1.26 bits per heavy atom. The van der Waals surface area contributed by atoms with Gasteiger partial charge in [0.1, 0.15) is 5.00 Å². The molecule has 0 unspecified atom stereocenters. The van der Waals surface area contributed by atoms with Crippen molar-refractivity contribution < 1.29 is 18.4 Å². The summed E-state index contributed by atoms with van der Waals surface area (Å²) in [6.07, 6.45) is 1.49. The molecule has 6 heteroatoms. The number of anilines is 3. The minimum Gasteiger partial charge on any atom is -0.300 e. The second-order valence-corrected chi connectivity index (χ2v) is 14.3. The number of ketones is 2. The van der Waals surface area contributed by atoms with Gasteiger partial charge in [-0.15, -0.1) is 11.3 Å². The summed E-state index contributed by atoms with van der Waals surface area (Å²) in [5.41, 5.74) is 6.40. The molecule has 2 aliphatic rings. The smallest absolute Gasteiger partial charge is 0.300 e. The van der Waals surface area contributed by atoms with Crippen molar-refractivity contribution in [3.63, 3.8) is 0 Å². The molecule has 0 spiro atoms. The van der Waals surface area contributed by atoms with Gasteiger partial charge in [0.25, 0.3) is 0 Å². The quantitative estimate of drug-likeness (QED) is 0.138. The highest BCUT2D eigenvalue weighted by molar-refractivity contribution is 7.17. The molecule has 9 rings (SSSR count). The number of benzene rings is 6. The van der Waals surface area contributed by atoms with E-state index in [4.69, 9.17) is 0 Å². The molecule has 0 saturated heterocycles. The lowest BCUT2D eigenvalue weighted by Crippen LogP contribution is -2.27. The van der Waals surface area contributed by atoms with Gasteiger partial charge in [-0.05, 0) is 102 Å². The van der Waals surface area contributed by atoms with Gasteiger partial charge < -0.3 is 4.90 Å². The maximum Gasteiger partial charge on any atom is 0.303 e. The fourth-order valence-electron chi connectivity index (χ4n) is 7.82. The highest BCUT2D eigenvalue weighted by Gasteiger charge is 2.47. The first-order valence-electron chi connectivity index (χ1n) is 16.5. The van der Waals surface area contributed by atoms with E-state index in [1.54, 1.807) is 24.3 Å². The van der Waals surface area contributed by atoms with Gasteiger partial charge >= 0.3 is 5.92 Å². The molecule has 1 aliphatic carbocycles. The maximum atomic E-state index is 17.0. The number of halogens is 2. The number of rotatable bonds is 3. The third-order valence-electron chi connectivity index (χ3n) is 9.97. The van der Waals surface area contributed by atoms with Crippen LogP contribution in [0.5, 0.6) is 0 Å². The van der Waals surface area contributed by atoms with E-state index in [0.29, 0.717) is 26.7 Å². The van der Waals surface area contributed by atoms with Crippen LogP contribution in [0.1, 0.15) is 53.4 Å². The Morgan fingerprint density at radius 1 is 0.640 bits per heavy atom. The fraction of sp³-hybridized carbons (Fsp3) is 0.0909. The molecule has 0 saturated carbocycles. The number of alkyl halides is 2. The highest BCUT2D eigenvalue weighted by Crippen LogP contribution is 2.58. The first-order valence-corrected chi connectivity index (χ1v) is 17.3. The van der Waals surface area contributed by atoms with Gasteiger partial charge in [0, 0.05) is 21.4 Å². The van der Waals surface area contributed by atoms with Crippen molar-refractivity contribution in [1.29, 1.82) is 0 Å². The topological polar surface area (TPSA) is 37.4 Å².